The lowest BCUT2D eigenvalue weighted by atomic mass is 10.1. The van der Waals surface area contributed by atoms with Crippen LogP contribution in [0.2, 0.25) is 0 Å². The number of aromatic nitrogens is 1. The number of hydrogen-bond donors (Lipinski definition) is 1. The molecule has 1 aromatic heterocycles. The SMILES string of the molecule is COc1cc(C(=O)NCc2cc[n+](C)cc2)cc(OC)c1OC. The van der Waals surface area contributed by atoms with Crippen LogP contribution in [0.1, 0.15) is 15.9 Å². The van der Waals surface area contributed by atoms with E-state index in [2.05, 4.69) is 5.32 Å². The normalized spacial score (nSPS) is 10.1. The molecule has 23 heavy (non-hydrogen) atoms. The third-order valence-corrected chi connectivity index (χ3v) is 3.43. The molecule has 1 N–H and O–H groups in total. The maximum atomic E-state index is 12.4. The van der Waals surface area contributed by atoms with E-state index in [4.69, 9.17) is 14.2 Å². The predicted molar refractivity (Wildman–Crippen MR) is 84.9 cm³/mol. The lowest BCUT2D eigenvalue weighted by molar-refractivity contribution is -0.671. The van der Waals surface area contributed by atoms with Gasteiger partial charge in [0.2, 0.25) is 5.75 Å². The molecule has 0 spiro atoms. The first-order valence-electron chi connectivity index (χ1n) is 7.11. The molecule has 1 amide bonds. The summed E-state index contributed by atoms with van der Waals surface area (Å²) in [5.41, 5.74) is 1.46. The van der Waals surface area contributed by atoms with Crippen molar-refractivity contribution in [3.05, 3.63) is 47.8 Å². The molecular formula is C17H21N2O4+. The van der Waals surface area contributed by atoms with E-state index in [1.165, 1.54) is 21.3 Å². The summed E-state index contributed by atoms with van der Waals surface area (Å²) in [4.78, 5) is 12.4. The monoisotopic (exact) mass is 317 g/mol. The van der Waals surface area contributed by atoms with Gasteiger partial charge >= 0.3 is 0 Å². The first-order chi connectivity index (χ1) is 11.1. The smallest absolute Gasteiger partial charge is 0.251 e. The van der Waals surface area contributed by atoms with Crippen LogP contribution in [-0.4, -0.2) is 27.2 Å². The van der Waals surface area contributed by atoms with Gasteiger partial charge in [-0.25, -0.2) is 4.57 Å². The average Bonchev–Trinajstić information content (AvgIpc) is 2.59. The molecule has 0 bridgehead atoms. The quantitative estimate of drug-likeness (QED) is 0.820. The lowest BCUT2D eigenvalue weighted by Crippen LogP contribution is -2.27. The molecular weight excluding hydrogens is 296 g/mol. The van der Waals surface area contributed by atoms with Crippen LogP contribution in [0.4, 0.5) is 0 Å². The van der Waals surface area contributed by atoms with E-state index in [1.54, 1.807) is 12.1 Å². The van der Waals surface area contributed by atoms with Crippen LogP contribution in [0.25, 0.3) is 0 Å². The number of hydrogen-bond acceptors (Lipinski definition) is 4. The molecule has 2 rings (SSSR count). The average molecular weight is 317 g/mol. The standard InChI is InChI=1S/C17H20N2O4/c1-19-7-5-12(6-8-19)11-18-17(20)13-9-14(21-2)16(23-4)15(10-13)22-3/h5-10H,11H2,1-4H3/p+1. The number of carbonyl (C=O) groups excluding carboxylic acids is 1. The second-order valence-electron chi connectivity index (χ2n) is 4.97. The van der Waals surface area contributed by atoms with Gasteiger partial charge in [0, 0.05) is 24.2 Å². The van der Waals surface area contributed by atoms with Crippen LogP contribution in [-0.2, 0) is 13.6 Å². The van der Waals surface area contributed by atoms with E-state index < -0.39 is 0 Å². The zero-order valence-electron chi connectivity index (χ0n) is 13.8. The summed E-state index contributed by atoms with van der Waals surface area (Å²) in [6, 6.07) is 7.16. The maximum absolute atomic E-state index is 12.4. The van der Waals surface area contributed by atoms with Gasteiger partial charge in [-0.15, -0.1) is 0 Å². The van der Waals surface area contributed by atoms with Crippen molar-refractivity contribution in [3.8, 4) is 17.2 Å². The Balaban J connectivity index is 2.16. The van der Waals surface area contributed by atoms with Crippen molar-refractivity contribution in [2.45, 2.75) is 6.54 Å². The first kappa shape index (κ1) is 16.6. The number of amides is 1. The number of nitrogens with one attached hydrogen (secondary N) is 1. The highest BCUT2D eigenvalue weighted by Crippen LogP contribution is 2.38. The Morgan fingerprint density at radius 2 is 1.61 bits per heavy atom. The third-order valence-electron chi connectivity index (χ3n) is 3.43. The minimum Gasteiger partial charge on any atom is -0.493 e. The number of benzene rings is 1. The fourth-order valence-electron chi connectivity index (χ4n) is 2.15. The summed E-state index contributed by atoms with van der Waals surface area (Å²) in [5.74, 6) is 1.15. The van der Waals surface area contributed by atoms with E-state index in [9.17, 15) is 4.79 Å². The van der Waals surface area contributed by atoms with Crippen LogP contribution < -0.4 is 24.1 Å². The van der Waals surface area contributed by atoms with Crippen LogP contribution >= 0.6 is 0 Å². The van der Waals surface area contributed by atoms with Gasteiger partial charge in [-0.1, -0.05) is 0 Å². The summed E-state index contributed by atoms with van der Waals surface area (Å²) in [5, 5.41) is 2.87. The van der Waals surface area contributed by atoms with Crippen molar-refractivity contribution in [1.82, 2.24) is 5.32 Å². The molecule has 0 radical (unpaired) electrons. The molecule has 0 aliphatic carbocycles. The number of carbonyl (C=O) groups is 1. The Hall–Kier alpha value is -2.76. The molecule has 122 valence electrons. The molecule has 0 saturated carbocycles. The van der Waals surface area contributed by atoms with Gasteiger partial charge in [-0.2, -0.15) is 0 Å². The van der Waals surface area contributed by atoms with Gasteiger partial charge in [0.25, 0.3) is 5.91 Å². The summed E-state index contributed by atoms with van der Waals surface area (Å²) >= 11 is 0. The van der Waals surface area contributed by atoms with Crippen LogP contribution in [0.5, 0.6) is 17.2 Å². The first-order valence-corrected chi connectivity index (χ1v) is 7.11. The molecule has 1 heterocycles. The number of methoxy groups -OCH3 is 3. The fraction of sp³-hybridized carbons (Fsp3) is 0.294. The van der Waals surface area contributed by atoms with Gasteiger partial charge in [-0.05, 0) is 17.7 Å². The molecule has 0 saturated heterocycles. The van der Waals surface area contributed by atoms with Crippen molar-refractivity contribution < 1.29 is 23.6 Å². The summed E-state index contributed by atoms with van der Waals surface area (Å²) in [6.07, 6.45) is 3.86. The van der Waals surface area contributed by atoms with E-state index in [0.717, 1.165) is 5.56 Å². The van der Waals surface area contributed by atoms with Crippen molar-refractivity contribution in [2.75, 3.05) is 21.3 Å². The predicted octanol–water partition coefficient (Wildman–Crippen LogP) is 1.47. The second-order valence-corrected chi connectivity index (χ2v) is 4.97. The third kappa shape index (κ3) is 3.91. The van der Waals surface area contributed by atoms with Crippen LogP contribution in [0.15, 0.2) is 36.7 Å². The molecule has 0 aliphatic rings. The number of rotatable bonds is 6. The van der Waals surface area contributed by atoms with Crippen molar-refractivity contribution in [1.29, 1.82) is 0 Å². The Morgan fingerprint density at radius 3 is 2.09 bits per heavy atom. The minimum atomic E-state index is -0.211. The number of ether oxygens (including phenoxy) is 3. The highest BCUT2D eigenvalue weighted by atomic mass is 16.5. The van der Waals surface area contributed by atoms with Crippen LogP contribution in [0, 0.1) is 0 Å². The molecule has 0 aliphatic heterocycles. The number of aryl methyl sites for hydroxylation is 1. The molecule has 0 atom stereocenters. The largest absolute Gasteiger partial charge is 0.493 e. The summed E-state index contributed by atoms with van der Waals surface area (Å²) in [6.45, 7) is 0.441. The fourth-order valence-corrected chi connectivity index (χ4v) is 2.15. The van der Waals surface area contributed by atoms with Gasteiger partial charge in [0.05, 0.1) is 21.3 Å². The maximum Gasteiger partial charge on any atom is 0.251 e. The lowest BCUT2D eigenvalue weighted by Gasteiger charge is -2.14. The molecule has 0 fully saturated rings. The Morgan fingerprint density at radius 1 is 1.04 bits per heavy atom. The highest BCUT2D eigenvalue weighted by molar-refractivity contribution is 5.95. The summed E-state index contributed by atoms with van der Waals surface area (Å²) in [7, 11) is 6.50. The second kappa shape index (κ2) is 7.49. The van der Waals surface area contributed by atoms with E-state index in [1.807, 2.05) is 36.1 Å². The van der Waals surface area contributed by atoms with Crippen molar-refractivity contribution in [2.24, 2.45) is 7.05 Å². The Kier molecular flexibility index (Phi) is 5.41. The summed E-state index contributed by atoms with van der Waals surface area (Å²) < 4.78 is 17.7. The molecule has 6 heteroatoms. The zero-order chi connectivity index (χ0) is 16.8. The van der Waals surface area contributed by atoms with Crippen LogP contribution in [0.3, 0.4) is 0 Å². The van der Waals surface area contributed by atoms with E-state index >= 15 is 0 Å². The Bertz CT molecular complexity index is 658. The van der Waals surface area contributed by atoms with Crippen molar-refractivity contribution >= 4 is 5.91 Å². The van der Waals surface area contributed by atoms with Crippen molar-refractivity contribution in [3.63, 3.8) is 0 Å². The molecule has 1 aromatic carbocycles. The minimum absolute atomic E-state index is 0.211. The van der Waals surface area contributed by atoms with E-state index in [-0.39, 0.29) is 5.91 Å². The topological polar surface area (TPSA) is 60.7 Å². The van der Waals surface area contributed by atoms with E-state index in [0.29, 0.717) is 29.4 Å². The van der Waals surface area contributed by atoms with Gasteiger partial charge in [0.15, 0.2) is 23.9 Å². The molecule has 2 aromatic rings. The molecule has 6 nitrogen and oxygen atoms in total. The zero-order valence-corrected chi connectivity index (χ0v) is 13.8. The van der Waals surface area contributed by atoms with Gasteiger partial charge in [0.1, 0.15) is 7.05 Å². The van der Waals surface area contributed by atoms with Gasteiger partial charge in [-0.3, -0.25) is 4.79 Å². The number of pyridine rings is 1. The highest BCUT2D eigenvalue weighted by Gasteiger charge is 2.16. The molecule has 0 unspecified atom stereocenters. The Labute approximate surface area is 135 Å². The van der Waals surface area contributed by atoms with Gasteiger partial charge < -0.3 is 19.5 Å². The number of nitrogens with zero attached hydrogens (tertiary/aromatic N) is 1.